The van der Waals surface area contributed by atoms with E-state index in [2.05, 4.69) is 43.9 Å². The molecule has 0 amide bonds. The number of hydrogen-bond acceptors (Lipinski definition) is 3. The summed E-state index contributed by atoms with van der Waals surface area (Å²) in [6.07, 6.45) is 1.13. The van der Waals surface area contributed by atoms with Crippen LogP contribution in [0.5, 0.6) is 0 Å². The van der Waals surface area contributed by atoms with Gasteiger partial charge in [0.15, 0.2) is 0 Å². The van der Waals surface area contributed by atoms with Gasteiger partial charge in [0.05, 0.1) is 6.61 Å². The van der Waals surface area contributed by atoms with Gasteiger partial charge in [-0.05, 0) is 43.5 Å². The second kappa shape index (κ2) is 7.39. The normalized spacial score (nSPS) is 12.5. The van der Waals surface area contributed by atoms with Crippen molar-refractivity contribution in [2.45, 2.75) is 39.8 Å². The molecular weight excluding hydrogens is 224 g/mol. The van der Waals surface area contributed by atoms with Crippen molar-refractivity contribution in [2.24, 2.45) is 5.73 Å². The highest BCUT2D eigenvalue weighted by molar-refractivity contribution is 5.51. The Morgan fingerprint density at radius 2 is 2.11 bits per heavy atom. The molecule has 0 aliphatic carbocycles. The fraction of sp³-hybridized carbons (Fsp3) is 0.600. The minimum atomic E-state index is 0.517. The first-order valence-electron chi connectivity index (χ1n) is 6.69. The van der Waals surface area contributed by atoms with Crippen LogP contribution in [0.1, 0.15) is 31.4 Å². The largest absolute Gasteiger partial charge is 0.383 e. The Morgan fingerprint density at radius 1 is 1.39 bits per heavy atom. The van der Waals surface area contributed by atoms with Gasteiger partial charge in [0, 0.05) is 31.9 Å². The van der Waals surface area contributed by atoms with E-state index in [1.807, 2.05) is 0 Å². The highest BCUT2D eigenvalue weighted by Crippen LogP contribution is 2.22. The lowest BCUT2D eigenvalue weighted by Crippen LogP contribution is -2.35. The topological polar surface area (TPSA) is 38.5 Å². The molecule has 0 heterocycles. The lowest BCUT2D eigenvalue weighted by Gasteiger charge is -2.31. The molecule has 0 saturated carbocycles. The molecule has 0 saturated heterocycles. The number of methoxy groups -OCH3 is 1. The van der Waals surface area contributed by atoms with Crippen molar-refractivity contribution in [3.8, 4) is 0 Å². The van der Waals surface area contributed by atoms with Crippen molar-refractivity contribution in [1.29, 1.82) is 0 Å². The molecular formula is C15H26N2O. The molecule has 0 radical (unpaired) electrons. The molecule has 18 heavy (non-hydrogen) atoms. The predicted octanol–water partition coefficient (Wildman–Crippen LogP) is 2.71. The third-order valence-corrected chi connectivity index (χ3v) is 3.54. The lowest BCUT2D eigenvalue weighted by atomic mass is 10.1. The Morgan fingerprint density at radius 3 is 2.61 bits per heavy atom. The molecule has 1 aromatic rings. The van der Waals surface area contributed by atoms with Gasteiger partial charge in [0.25, 0.3) is 0 Å². The fourth-order valence-corrected chi connectivity index (χ4v) is 2.10. The maximum Gasteiger partial charge on any atom is 0.0637 e. The van der Waals surface area contributed by atoms with E-state index in [0.29, 0.717) is 12.6 Å². The van der Waals surface area contributed by atoms with Crippen molar-refractivity contribution >= 4 is 5.69 Å². The molecule has 0 aromatic heterocycles. The molecule has 1 atom stereocenters. The van der Waals surface area contributed by atoms with Gasteiger partial charge in [-0.15, -0.1) is 0 Å². The third kappa shape index (κ3) is 3.72. The van der Waals surface area contributed by atoms with Gasteiger partial charge in [0.2, 0.25) is 0 Å². The Kier molecular flexibility index (Phi) is 6.16. The summed E-state index contributed by atoms with van der Waals surface area (Å²) in [6, 6.07) is 7.04. The summed E-state index contributed by atoms with van der Waals surface area (Å²) in [5.74, 6) is 0. The van der Waals surface area contributed by atoms with E-state index in [9.17, 15) is 0 Å². The Hall–Kier alpha value is -1.06. The fourth-order valence-electron chi connectivity index (χ4n) is 2.10. The van der Waals surface area contributed by atoms with E-state index in [-0.39, 0.29) is 0 Å². The molecule has 0 bridgehead atoms. The van der Waals surface area contributed by atoms with Crippen LogP contribution in [0.25, 0.3) is 0 Å². The molecule has 3 heteroatoms. The first-order valence-corrected chi connectivity index (χ1v) is 6.69. The van der Waals surface area contributed by atoms with Crippen molar-refractivity contribution in [3.63, 3.8) is 0 Å². The molecule has 102 valence electrons. The number of rotatable bonds is 7. The molecule has 1 aromatic carbocycles. The van der Waals surface area contributed by atoms with E-state index in [1.54, 1.807) is 7.11 Å². The van der Waals surface area contributed by atoms with E-state index >= 15 is 0 Å². The predicted molar refractivity (Wildman–Crippen MR) is 78.0 cm³/mol. The van der Waals surface area contributed by atoms with Gasteiger partial charge in [-0.1, -0.05) is 13.0 Å². The summed E-state index contributed by atoms with van der Waals surface area (Å²) >= 11 is 0. The average Bonchev–Trinajstić information content (AvgIpc) is 2.39. The lowest BCUT2D eigenvalue weighted by molar-refractivity contribution is 0.203. The SMILES string of the molecule is CCC(C)N(CCOC)c1ccc(CN)c(C)c1. The van der Waals surface area contributed by atoms with Gasteiger partial charge < -0.3 is 15.4 Å². The van der Waals surface area contributed by atoms with Gasteiger partial charge in [0.1, 0.15) is 0 Å². The maximum atomic E-state index is 5.71. The van der Waals surface area contributed by atoms with Crippen LogP contribution in [0.4, 0.5) is 5.69 Å². The zero-order valence-corrected chi connectivity index (χ0v) is 12.1. The summed E-state index contributed by atoms with van der Waals surface area (Å²) in [6.45, 7) is 8.87. The zero-order chi connectivity index (χ0) is 13.5. The monoisotopic (exact) mass is 250 g/mol. The first-order chi connectivity index (χ1) is 8.63. The van der Waals surface area contributed by atoms with Gasteiger partial charge in [-0.3, -0.25) is 0 Å². The van der Waals surface area contributed by atoms with Crippen LogP contribution in [-0.4, -0.2) is 26.3 Å². The summed E-state index contributed by atoms with van der Waals surface area (Å²) in [7, 11) is 1.75. The number of nitrogens with zero attached hydrogens (tertiary/aromatic N) is 1. The first kappa shape index (κ1) is 15.0. The van der Waals surface area contributed by atoms with E-state index in [4.69, 9.17) is 10.5 Å². The molecule has 3 nitrogen and oxygen atoms in total. The molecule has 0 aliphatic heterocycles. The highest BCUT2D eigenvalue weighted by atomic mass is 16.5. The molecule has 0 spiro atoms. The Bertz CT molecular complexity index is 366. The zero-order valence-electron chi connectivity index (χ0n) is 12.1. The summed E-state index contributed by atoms with van der Waals surface area (Å²) in [4.78, 5) is 2.40. The van der Waals surface area contributed by atoms with E-state index < -0.39 is 0 Å². The van der Waals surface area contributed by atoms with Gasteiger partial charge >= 0.3 is 0 Å². The minimum Gasteiger partial charge on any atom is -0.383 e. The number of anilines is 1. The number of ether oxygens (including phenoxy) is 1. The second-order valence-electron chi connectivity index (χ2n) is 4.76. The summed E-state index contributed by atoms with van der Waals surface area (Å²) in [5.41, 5.74) is 9.45. The van der Waals surface area contributed by atoms with E-state index in [1.165, 1.54) is 16.8 Å². The number of benzene rings is 1. The maximum absolute atomic E-state index is 5.71. The average molecular weight is 250 g/mol. The Labute approximate surface area is 111 Å². The van der Waals surface area contributed by atoms with Crippen molar-refractivity contribution in [2.75, 3.05) is 25.2 Å². The van der Waals surface area contributed by atoms with Crippen LogP contribution >= 0.6 is 0 Å². The van der Waals surface area contributed by atoms with Crippen LogP contribution in [-0.2, 0) is 11.3 Å². The summed E-state index contributed by atoms with van der Waals surface area (Å²) < 4.78 is 5.20. The van der Waals surface area contributed by atoms with Crippen molar-refractivity contribution in [3.05, 3.63) is 29.3 Å². The number of hydrogen-bond donors (Lipinski definition) is 1. The molecule has 1 unspecified atom stereocenters. The standard InChI is InChI=1S/C15H26N2O/c1-5-13(3)17(8-9-18-4)15-7-6-14(11-16)12(2)10-15/h6-7,10,13H,5,8-9,11,16H2,1-4H3. The van der Waals surface area contributed by atoms with Gasteiger partial charge in [-0.2, -0.15) is 0 Å². The molecule has 0 aliphatic rings. The quantitative estimate of drug-likeness (QED) is 0.808. The number of nitrogens with two attached hydrogens (primary N) is 1. The molecule has 1 rings (SSSR count). The molecule has 0 fully saturated rings. The molecule has 2 N–H and O–H groups in total. The van der Waals surface area contributed by atoms with Crippen LogP contribution in [0.15, 0.2) is 18.2 Å². The number of aryl methyl sites for hydroxylation is 1. The van der Waals surface area contributed by atoms with Crippen molar-refractivity contribution in [1.82, 2.24) is 0 Å². The van der Waals surface area contributed by atoms with Crippen LogP contribution in [0.2, 0.25) is 0 Å². The van der Waals surface area contributed by atoms with Crippen molar-refractivity contribution < 1.29 is 4.74 Å². The summed E-state index contributed by atoms with van der Waals surface area (Å²) in [5, 5.41) is 0. The second-order valence-corrected chi connectivity index (χ2v) is 4.76. The van der Waals surface area contributed by atoms with E-state index in [0.717, 1.165) is 19.6 Å². The third-order valence-electron chi connectivity index (χ3n) is 3.54. The van der Waals surface area contributed by atoms with Gasteiger partial charge in [-0.25, -0.2) is 0 Å². The highest BCUT2D eigenvalue weighted by Gasteiger charge is 2.13. The van der Waals surface area contributed by atoms with Crippen LogP contribution < -0.4 is 10.6 Å². The smallest absolute Gasteiger partial charge is 0.0637 e. The minimum absolute atomic E-state index is 0.517. The Balaban J connectivity index is 2.93. The van der Waals surface area contributed by atoms with Crippen LogP contribution in [0.3, 0.4) is 0 Å². The van der Waals surface area contributed by atoms with Crippen LogP contribution in [0, 0.1) is 6.92 Å².